The van der Waals surface area contributed by atoms with Crippen LogP contribution >= 0.6 is 0 Å². The van der Waals surface area contributed by atoms with Crippen LogP contribution < -0.4 is 0 Å². The van der Waals surface area contributed by atoms with Crippen LogP contribution in [0.5, 0.6) is 0 Å². The van der Waals surface area contributed by atoms with E-state index in [1.807, 2.05) is 0 Å². The molecule has 1 heterocycles. The van der Waals surface area contributed by atoms with Gasteiger partial charge < -0.3 is 5.11 Å². The minimum atomic E-state index is -4.21. The molecule has 33 heavy (non-hydrogen) atoms. The number of piperidine rings is 1. The molecule has 176 valence electrons. The fourth-order valence-corrected chi connectivity index (χ4v) is 3.48. The molecule has 3 nitrogen and oxygen atoms in total. The van der Waals surface area contributed by atoms with Crippen molar-refractivity contribution in [1.82, 2.24) is 4.90 Å². The van der Waals surface area contributed by atoms with E-state index in [0.717, 1.165) is 25.6 Å². The summed E-state index contributed by atoms with van der Waals surface area (Å²) >= 11 is 0. The lowest BCUT2D eigenvalue weighted by Crippen LogP contribution is -2.29. The first kappa shape index (κ1) is 26.1. The van der Waals surface area contributed by atoms with E-state index < -0.39 is 17.7 Å². The molecule has 1 aliphatic heterocycles. The molecule has 0 spiro atoms. The van der Waals surface area contributed by atoms with Gasteiger partial charge in [-0.2, -0.15) is 13.2 Å². The Hall–Kier alpha value is -3.12. The van der Waals surface area contributed by atoms with Crippen molar-refractivity contribution in [1.29, 1.82) is 0 Å². The fourth-order valence-electron chi connectivity index (χ4n) is 3.48. The lowest BCUT2D eigenvalue weighted by atomic mass is 10.0. The number of carboxylic acid groups (broad SMARTS) is 1. The highest BCUT2D eigenvalue weighted by atomic mass is 19.4. The summed E-state index contributed by atoms with van der Waals surface area (Å²) in [4.78, 5) is 11.6. The highest BCUT2D eigenvalue weighted by molar-refractivity contribution is 5.64. The summed E-state index contributed by atoms with van der Waals surface area (Å²) in [6.07, 6.45) is -0.0848. The fraction of sp³-hybridized carbons (Fsp3) is 0.296. The SMILES string of the molecule is CC(=O)O.FC(F)(F)c1ccccc1.c1ccc(-c2cccc(CN3CCCCC3)c2)cc1. The number of halogens is 3. The second-order valence-electron chi connectivity index (χ2n) is 7.79. The molecular formula is C27H30F3NO2. The zero-order valence-electron chi connectivity index (χ0n) is 18.8. The van der Waals surface area contributed by atoms with Crippen molar-refractivity contribution < 1.29 is 23.1 Å². The Kier molecular flexibility index (Phi) is 10.6. The second-order valence-corrected chi connectivity index (χ2v) is 7.79. The van der Waals surface area contributed by atoms with Crippen molar-refractivity contribution in [2.24, 2.45) is 0 Å². The van der Waals surface area contributed by atoms with Gasteiger partial charge in [-0.05, 0) is 48.7 Å². The summed E-state index contributed by atoms with van der Waals surface area (Å²) in [7, 11) is 0. The maximum absolute atomic E-state index is 11.8. The molecule has 1 fully saturated rings. The van der Waals surface area contributed by atoms with E-state index in [2.05, 4.69) is 59.5 Å². The number of alkyl halides is 3. The van der Waals surface area contributed by atoms with Crippen molar-refractivity contribution in [3.05, 3.63) is 96.1 Å². The molecule has 0 unspecified atom stereocenters. The van der Waals surface area contributed by atoms with Gasteiger partial charge in [0.15, 0.2) is 0 Å². The summed E-state index contributed by atoms with van der Waals surface area (Å²) in [5, 5.41) is 7.42. The second kappa shape index (κ2) is 13.4. The summed E-state index contributed by atoms with van der Waals surface area (Å²) < 4.78 is 35.4. The molecule has 0 bridgehead atoms. The molecule has 0 atom stereocenters. The Morgan fingerprint density at radius 3 is 1.85 bits per heavy atom. The largest absolute Gasteiger partial charge is 0.481 e. The van der Waals surface area contributed by atoms with Crippen LogP contribution in [0.4, 0.5) is 13.2 Å². The van der Waals surface area contributed by atoms with Gasteiger partial charge in [0.1, 0.15) is 0 Å². The smallest absolute Gasteiger partial charge is 0.416 e. The molecule has 1 saturated heterocycles. The van der Waals surface area contributed by atoms with Crippen molar-refractivity contribution >= 4 is 5.97 Å². The van der Waals surface area contributed by atoms with Gasteiger partial charge in [0.2, 0.25) is 0 Å². The maximum atomic E-state index is 11.8. The Labute approximate surface area is 193 Å². The van der Waals surface area contributed by atoms with Crippen molar-refractivity contribution in [3.8, 4) is 11.1 Å². The van der Waals surface area contributed by atoms with Crippen LogP contribution in [0, 0.1) is 0 Å². The first-order valence-corrected chi connectivity index (χ1v) is 10.9. The third-order valence-electron chi connectivity index (χ3n) is 4.99. The van der Waals surface area contributed by atoms with Gasteiger partial charge in [0.25, 0.3) is 5.97 Å². The molecule has 0 amide bonds. The first-order valence-electron chi connectivity index (χ1n) is 10.9. The molecule has 0 radical (unpaired) electrons. The Morgan fingerprint density at radius 1 is 0.818 bits per heavy atom. The Bertz CT molecular complexity index is 950. The first-order chi connectivity index (χ1) is 15.8. The van der Waals surface area contributed by atoms with Crippen molar-refractivity contribution in [3.63, 3.8) is 0 Å². The normalized spacial score (nSPS) is 13.7. The lowest BCUT2D eigenvalue weighted by molar-refractivity contribution is -0.137. The molecule has 4 rings (SSSR count). The van der Waals surface area contributed by atoms with E-state index in [-0.39, 0.29) is 0 Å². The number of nitrogens with zero attached hydrogens (tertiary/aromatic N) is 1. The molecule has 3 aromatic rings. The summed E-state index contributed by atoms with van der Waals surface area (Å²) in [6, 6.07) is 26.0. The van der Waals surface area contributed by atoms with Crippen LogP contribution in [0.25, 0.3) is 11.1 Å². The lowest BCUT2D eigenvalue weighted by Gasteiger charge is -2.26. The molecule has 0 aromatic heterocycles. The average Bonchev–Trinajstić information content (AvgIpc) is 2.81. The molecule has 6 heteroatoms. The standard InChI is InChI=1S/C18H21N.C7H5F3.C2H4O2/c1-3-9-17(10-4-1)18-11-7-8-16(14-18)15-19-12-5-2-6-13-19;8-7(9,10)6-4-2-1-3-5-6;1-2(3)4/h1,3-4,7-11,14H,2,5-6,12-13,15H2;1-5H;1H3,(H,3,4). The minimum absolute atomic E-state index is 0.602. The maximum Gasteiger partial charge on any atom is 0.416 e. The quantitative estimate of drug-likeness (QED) is 0.455. The number of aliphatic carboxylic acids is 1. The van der Waals surface area contributed by atoms with Crippen LogP contribution in [0.3, 0.4) is 0 Å². The van der Waals surface area contributed by atoms with Crippen LogP contribution in [-0.2, 0) is 17.5 Å². The van der Waals surface area contributed by atoms with Gasteiger partial charge >= 0.3 is 6.18 Å². The van der Waals surface area contributed by atoms with Crippen molar-refractivity contribution in [2.45, 2.75) is 38.9 Å². The monoisotopic (exact) mass is 457 g/mol. The summed E-state index contributed by atoms with van der Waals surface area (Å²) in [5.74, 6) is -0.833. The molecule has 0 saturated carbocycles. The minimum Gasteiger partial charge on any atom is -0.481 e. The van der Waals surface area contributed by atoms with E-state index in [1.165, 1.54) is 61.2 Å². The van der Waals surface area contributed by atoms with Gasteiger partial charge in [-0.1, -0.05) is 85.3 Å². The molecule has 3 aromatic carbocycles. The van der Waals surface area contributed by atoms with Crippen LogP contribution in [0.2, 0.25) is 0 Å². The van der Waals surface area contributed by atoms with E-state index >= 15 is 0 Å². The predicted octanol–water partition coefficient (Wildman–Crippen LogP) is 7.14. The van der Waals surface area contributed by atoms with Crippen LogP contribution in [0.1, 0.15) is 37.3 Å². The Morgan fingerprint density at radius 2 is 1.33 bits per heavy atom. The summed E-state index contributed by atoms with van der Waals surface area (Å²) in [6.45, 7) is 4.70. The van der Waals surface area contributed by atoms with E-state index in [9.17, 15) is 13.2 Å². The zero-order chi connectivity index (χ0) is 24.1. The molecular weight excluding hydrogens is 427 g/mol. The summed E-state index contributed by atoms with van der Waals surface area (Å²) in [5.41, 5.74) is 3.47. The van der Waals surface area contributed by atoms with Gasteiger partial charge in [0.05, 0.1) is 5.56 Å². The molecule has 1 N–H and O–H groups in total. The average molecular weight is 458 g/mol. The number of hydrogen-bond acceptors (Lipinski definition) is 2. The highest BCUT2D eigenvalue weighted by Crippen LogP contribution is 2.28. The van der Waals surface area contributed by atoms with Crippen LogP contribution in [0.15, 0.2) is 84.9 Å². The van der Waals surface area contributed by atoms with E-state index in [1.54, 1.807) is 6.07 Å². The number of benzene rings is 3. The zero-order valence-corrected chi connectivity index (χ0v) is 18.8. The number of carboxylic acids is 1. The van der Waals surface area contributed by atoms with E-state index in [4.69, 9.17) is 9.90 Å². The molecule has 1 aliphatic rings. The van der Waals surface area contributed by atoms with Gasteiger partial charge in [0, 0.05) is 13.5 Å². The number of likely N-dealkylation sites (tertiary alicyclic amines) is 1. The molecule has 0 aliphatic carbocycles. The van der Waals surface area contributed by atoms with Crippen molar-refractivity contribution in [2.75, 3.05) is 13.1 Å². The topological polar surface area (TPSA) is 40.5 Å². The van der Waals surface area contributed by atoms with E-state index in [0.29, 0.717) is 0 Å². The predicted molar refractivity (Wildman–Crippen MR) is 126 cm³/mol. The Balaban J connectivity index is 0.000000231. The third kappa shape index (κ3) is 10.4. The van der Waals surface area contributed by atoms with Gasteiger partial charge in [-0.3, -0.25) is 9.69 Å². The number of hydrogen-bond donors (Lipinski definition) is 1. The third-order valence-corrected chi connectivity index (χ3v) is 4.99. The number of carbonyl (C=O) groups is 1. The highest BCUT2D eigenvalue weighted by Gasteiger charge is 2.29. The van der Waals surface area contributed by atoms with Gasteiger partial charge in [-0.25, -0.2) is 0 Å². The number of rotatable bonds is 3. The van der Waals surface area contributed by atoms with Gasteiger partial charge in [-0.15, -0.1) is 0 Å². The van der Waals surface area contributed by atoms with Crippen LogP contribution in [-0.4, -0.2) is 29.1 Å².